The first-order chi connectivity index (χ1) is 21.0. The second-order valence-corrected chi connectivity index (χ2v) is 14.4. The Morgan fingerprint density at radius 1 is 1.07 bits per heavy atom. The van der Waals surface area contributed by atoms with Gasteiger partial charge in [-0.25, -0.2) is 23.1 Å². The van der Waals surface area contributed by atoms with Crippen molar-refractivity contribution in [1.29, 1.82) is 0 Å². The molecule has 3 amide bonds. The van der Waals surface area contributed by atoms with E-state index in [4.69, 9.17) is 20.3 Å². The normalized spacial score (nSPS) is 18.4. The Morgan fingerprint density at radius 3 is 2.11 bits per heavy atom. The number of hydrogen-bond acceptors (Lipinski definition) is 10. The van der Waals surface area contributed by atoms with Crippen molar-refractivity contribution in [3.8, 4) is 11.4 Å². The van der Waals surface area contributed by atoms with E-state index in [1.165, 1.54) is 4.90 Å². The predicted octanol–water partition coefficient (Wildman–Crippen LogP) is 3.17. The number of carbonyl (C=O) groups excluding carboxylic acids is 3. The number of amides is 3. The van der Waals surface area contributed by atoms with Gasteiger partial charge in [-0.05, 0) is 90.0 Å². The average molecular weight is 677 g/mol. The van der Waals surface area contributed by atoms with Gasteiger partial charge in [-0.3, -0.25) is 9.69 Å². The number of tetrazole rings is 1. The number of alkyl halides is 3. The van der Waals surface area contributed by atoms with Gasteiger partial charge in [-0.15, -0.1) is 10.2 Å². The van der Waals surface area contributed by atoms with Crippen LogP contribution in [0.1, 0.15) is 84.3 Å². The third-order valence-electron chi connectivity index (χ3n) is 7.30. The molecule has 1 aliphatic carbocycles. The number of aromatic amines is 1. The van der Waals surface area contributed by atoms with Crippen molar-refractivity contribution in [2.45, 2.75) is 107 Å². The number of benzene rings is 1. The van der Waals surface area contributed by atoms with Crippen LogP contribution in [0.15, 0.2) is 17.0 Å². The first kappa shape index (κ1) is 36.5. The van der Waals surface area contributed by atoms with Gasteiger partial charge in [0, 0.05) is 22.7 Å². The highest BCUT2D eigenvalue weighted by atomic mass is 32.2. The van der Waals surface area contributed by atoms with E-state index in [0.717, 1.165) is 6.07 Å². The molecule has 6 N–H and O–H groups in total. The molecule has 0 bridgehead atoms. The lowest BCUT2D eigenvalue weighted by atomic mass is 9.79. The summed E-state index contributed by atoms with van der Waals surface area (Å²) >= 11 is 0. The number of halogens is 3. The number of primary sulfonamides is 1. The molecule has 1 aromatic heterocycles. The van der Waals surface area contributed by atoms with Gasteiger partial charge in [-0.1, -0.05) is 6.07 Å². The number of primary amides is 1. The van der Waals surface area contributed by atoms with Gasteiger partial charge in [0.15, 0.2) is 0 Å². The van der Waals surface area contributed by atoms with Crippen molar-refractivity contribution in [3.63, 3.8) is 0 Å². The maximum Gasteiger partial charge on any atom is 0.417 e. The van der Waals surface area contributed by atoms with Crippen LogP contribution in [0.5, 0.6) is 0 Å². The lowest BCUT2D eigenvalue weighted by molar-refractivity contribution is -0.139. The minimum atomic E-state index is -5.05. The van der Waals surface area contributed by atoms with E-state index in [2.05, 4.69) is 25.9 Å². The van der Waals surface area contributed by atoms with Gasteiger partial charge >= 0.3 is 18.4 Å². The Morgan fingerprint density at radius 2 is 1.65 bits per heavy atom. The standard InChI is InChI=1S/C27H39F3N8O7S/c1-25(2,3)38(26(4,5)6)24(41)44-13-18(45-23(31)40)22(39)33-15-9-7-14(8-10-15)16-11-12-17(27(28,29)30)20(46(32,42)43)19(16)21-34-36-37-35-21/h11-12,14-15,18H,7-10,13H2,1-6H3,(H2,31,40)(H,33,39)(H2,32,42,43)(H,34,35,36,37). The summed E-state index contributed by atoms with van der Waals surface area (Å²) in [6.45, 7) is 10.3. The zero-order chi connectivity index (χ0) is 34.8. The molecule has 1 fully saturated rings. The van der Waals surface area contributed by atoms with Crippen LogP contribution in [0.3, 0.4) is 0 Å². The Hall–Kier alpha value is -4.00. The first-order valence-corrected chi connectivity index (χ1v) is 15.8. The predicted molar refractivity (Wildman–Crippen MR) is 156 cm³/mol. The average Bonchev–Trinajstić information content (AvgIpc) is 3.42. The van der Waals surface area contributed by atoms with Gasteiger partial charge in [0.1, 0.15) is 11.5 Å². The topological polar surface area (TPSA) is 226 Å². The van der Waals surface area contributed by atoms with Crippen molar-refractivity contribution >= 4 is 28.1 Å². The van der Waals surface area contributed by atoms with E-state index in [9.17, 15) is 36.0 Å². The molecular formula is C27H39F3N8O7S. The molecule has 256 valence electrons. The lowest BCUT2D eigenvalue weighted by Crippen LogP contribution is -2.56. The third-order valence-corrected chi connectivity index (χ3v) is 8.29. The first-order valence-electron chi connectivity index (χ1n) is 14.3. The largest absolute Gasteiger partial charge is 0.445 e. The zero-order valence-electron chi connectivity index (χ0n) is 26.3. The Labute approximate surface area is 264 Å². The number of sulfonamides is 1. The second kappa shape index (κ2) is 13.4. The Bertz CT molecular complexity index is 1520. The highest BCUT2D eigenvalue weighted by Crippen LogP contribution is 2.44. The van der Waals surface area contributed by atoms with Gasteiger partial charge in [-0.2, -0.15) is 18.4 Å². The summed E-state index contributed by atoms with van der Waals surface area (Å²) in [6, 6.07) is 1.34. The molecule has 1 aromatic carbocycles. The van der Waals surface area contributed by atoms with Crippen LogP contribution in [-0.2, 0) is 30.5 Å². The lowest BCUT2D eigenvalue weighted by Gasteiger charge is -2.44. The summed E-state index contributed by atoms with van der Waals surface area (Å²) < 4.78 is 76.7. The second-order valence-electron chi connectivity index (χ2n) is 12.9. The Kier molecular flexibility index (Phi) is 10.6. The van der Waals surface area contributed by atoms with E-state index in [1.807, 2.05) is 41.5 Å². The van der Waals surface area contributed by atoms with Gasteiger partial charge in [0.25, 0.3) is 5.91 Å². The molecule has 0 aliphatic heterocycles. The molecule has 46 heavy (non-hydrogen) atoms. The summed E-state index contributed by atoms with van der Waals surface area (Å²) in [5.41, 5.74) is 2.22. The molecule has 0 spiro atoms. The fourth-order valence-electron chi connectivity index (χ4n) is 5.87. The van der Waals surface area contributed by atoms with E-state index < -0.39 is 86.1 Å². The summed E-state index contributed by atoms with van der Waals surface area (Å²) in [5, 5.41) is 20.9. The van der Waals surface area contributed by atoms with E-state index in [0.29, 0.717) is 31.7 Å². The Balaban J connectivity index is 1.79. The molecule has 1 aliphatic rings. The summed E-state index contributed by atoms with van der Waals surface area (Å²) in [5.74, 6) is -1.62. The molecule has 1 saturated carbocycles. The molecule has 3 rings (SSSR count). The van der Waals surface area contributed by atoms with E-state index in [-0.39, 0.29) is 11.4 Å². The van der Waals surface area contributed by atoms with E-state index in [1.54, 1.807) is 0 Å². The molecule has 1 atom stereocenters. The number of H-pyrrole nitrogens is 1. The fraction of sp³-hybridized carbons (Fsp3) is 0.630. The number of aromatic nitrogens is 4. The van der Waals surface area contributed by atoms with Crippen LogP contribution in [-0.4, -0.2) is 81.9 Å². The number of hydrogen-bond donors (Lipinski definition) is 4. The van der Waals surface area contributed by atoms with Crippen LogP contribution in [0.25, 0.3) is 11.4 Å². The summed E-state index contributed by atoms with van der Waals surface area (Å²) in [6.07, 6.45) is -7.39. The van der Waals surface area contributed by atoms with Gasteiger partial charge in [0.2, 0.25) is 22.0 Å². The van der Waals surface area contributed by atoms with Gasteiger partial charge in [0.05, 0.1) is 5.56 Å². The molecule has 19 heteroatoms. The third kappa shape index (κ3) is 8.83. The van der Waals surface area contributed by atoms with Crippen LogP contribution >= 0.6 is 0 Å². The minimum Gasteiger partial charge on any atom is -0.445 e. The number of rotatable bonds is 8. The number of nitrogens with zero attached hydrogens (tertiary/aromatic N) is 4. The zero-order valence-corrected chi connectivity index (χ0v) is 27.1. The fourth-order valence-corrected chi connectivity index (χ4v) is 6.85. The number of nitrogens with two attached hydrogens (primary N) is 2. The molecule has 0 radical (unpaired) electrons. The maximum absolute atomic E-state index is 13.8. The minimum absolute atomic E-state index is 0.215. The molecule has 1 heterocycles. The maximum atomic E-state index is 13.8. The number of nitrogens with one attached hydrogen (secondary N) is 2. The number of ether oxygens (including phenoxy) is 2. The summed E-state index contributed by atoms with van der Waals surface area (Å²) in [4.78, 5) is 37.9. The van der Waals surface area contributed by atoms with Crippen LogP contribution in [0, 0.1) is 0 Å². The highest BCUT2D eigenvalue weighted by molar-refractivity contribution is 7.89. The number of carbonyl (C=O) groups is 3. The monoisotopic (exact) mass is 676 g/mol. The molecule has 2 aromatic rings. The van der Waals surface area contributed by atoms with Crippen LogP contribution in [0.2, 0.25) is 0 Å². The van der Waals surface area contributed by atoms with Crippen molar-refractivity contribution in [2.24, 2.45) is 10.9 Å². The smallest absolute Gasteiger partial charge is 0.417 e. The van der Waals surface area contributed by atoms with Gasteiger partial charge < -0.3 is 20.5 Å². The van der Waals surface area contributed by atoms with E-state index >= 15 is 0 Å². The highest BCUT2D eigenvalue weighted by Gasteiger charge is 2.41. The summed E-state index contributed by atoms with van der Waals surface area (Å²) in [7, 11) is -4.90. The molecular weight excluding hydrogens is 637 g/mol. The van der Waals surface area contributed by atoms with Crippen molar-refractivity contribution in [2.75, 3.05) is 6.61 Å². The van der Waals surface area contributed by atoms with Crippen LogP contribution < -0.4 is 16.2 Å². The van der Waals surface area contributed by atoms with Crippen molar-refractivity contribution in [1.82, 2.24) is 30.8 Å². The van der Waals surface area contributed by atoms with Crippen molar-refractivity contribution < 1.29 is 45.4 Å². The quantitative estimate of drug-likeness (QED) is 0.319. The molecule has 1 unspecified atom stereocenters. The van der Waals surface area contributed by atoms with Crippen LogP contribution in [0.4, 0.5) is 22.8 Å². The molecule has 15 nitrogen and oxygen atoms in total. The SMILES string of the molecule is CC(C)(C)N(C(=O)OCC(OC(N)=O)C(=O)NC1CCC(c2ccc(C(F)(F)F)c(S(N)(=O)=O)c2-c2nn[nH]n2)CC1)C(C)(C)C. The molecule has 0 saturated heterocycles. The van der Waals surface area contributed by atoms with Crippen molar-refractivity contribution in [3.05, 3.63) is 23.3 Å².